The van der Waals surface area contributed by atoms with Crippen LogP contribution in [0.4, 0.5) is 11.6 Å². The van der Waals surface area contributed by atoms with Gasteiger partial charge in [-0.25, -0.2) is 4.98 Å². The summed E-state index contributed by atoms with van der Waals surface area (Å²) in [5.74, 6) is 0.902. The molecule has 0 unspecified atom stereocenters. The van der Waals surface area contributed by atoms with Gasteiger partial charge in [-0.2, -0.15) is 0 Å². The molecule has 0 atom stereocenters. The number of fused-ring (bicyclic) bond motifs is 1. The molecule has 0 amide bonds. The van der Waals surface area contributed by atoms with Gasteiger partial charge < -0.3 is 16.0 Å². The largest absolute Gasteiger partial charge is 0.384 e. The van der Waals surface area contributed by atoms with Crippen LogP contribution in [0, 0.1) is 0 Å². The standard InChI is InChI=1S/C14H14N4/c1-18-8-7-9-3-2-4-10(13(9)18)11-5-6-12(15)17-14(11)16/h2-8H,1H3,(H4,15,16,17). The first-order chi connectivity index (χ1) is 8.66. The Balaban J connectivity index is 2.34. The van der Waals surface area contributed by atoms with E-state index in [2.05, 4.69) is 21.7 Å². The zero-order valence-electron chi connectivity index (χ0n) is 10.1. The zero-order valence-corrected chi connectivity index (χ0v) is 10.1. The van der Waals surface area contributed by atoms with Gasteiger partial charge >= 0.3 is 0 Å². The third kappa shape index (κ3) is 1.50. The fourth-order valence-corrected chi connectivity index (χ4v) is 2.29. The van der Waals surface area contributed by atoms with Crippen molar-refractivity contribution in [3.05, 3.63) is 42.6 Å². The Morgan fingerprint density at radius 1 is 1.00 bits per heavy atom. The second-order valence-corrected chi connectivity index (χ2v) is 4.34. The van der Waals surface area contributed by atoms with E-state index in [1.807, 2.05) is 31.4 Å². The number of nitrogens with two attached hydrogens (primary N) is 2. The molecule has 0 spiro atoms. The fourth-order valence-electron chi connectivity index (χ4n) is 2.29. The topological polar surface area (TPSA) is 69.9 Å². The van der Waals surface area contributed by atoms with Crippen LogP contribution in [0.1, 0.15) is 0 Å². The van der Waals surface area contributed by atoms with Crippen molar-refractivity contribution in [2.45, 2.75) is 0 Å². The first kappa shape index (κ1) is 10.7. The molecule has 90 valence electrons. The van der Waals surface area contributed by atoms with Crippen molar-refractivity contribution in [1.29, 1.82) is 0 Å². The lowest BCUT2D eigenvalue weighted by atomic mass is 10.0. The van der Waals surface area contributed by atoms with E-state index in [1.54, 1.807) is 6.07 Å². The van der Waals surface area contributed by atoms with Gasteiger partial charge in [0.15, 0.2) is 0 Å². The number of benzene rings is 1. The lowest BCUT2D eigenvalue weighted by Crippen LogP contribution is -1.99. The van der Waals surface area contributed by atoms with Crippen molar-refractivity contribution in [2.75, 3.05) is 11.5 Å². The Morgan fingerprint density at radius 3 is 2.61 bits per heavy atom. The van der Waals surface area contributed by atoms with Crippen LogP contribution in [0.5, 0.6) is 0 Å². The smallest absolute Gasteiger partial charge is 0.133 e. The average Bonchev–Trinajstić information content (AvgIpc) is 2.72. The predicted molar refractivity (Wildman–Crippen MR) is 75.0 cm³/mol. The van der Waals surface area contributed by atoms with Crippen LogP contribution < -0.4 is 11.5 Å². The van der Waals surface area contributed by atoms with E-state index in [1.165, 1.54) is 5.39 Å². The summed E-state index contributed by atoms with van der Waals surface area (Å²) in [6.45, 7) is 0. The molecule has 0 aliphatic carbocycles. The summed E-state index contributed by atoms with van der Waals surface area (Å²) in [5, 5.41) is 1.19. The number of aromatic nitrogens is 2. The van der Waals surface area contributed by atoms with Crippen molar-refractivity contribution in [3.63, 3.8) is 0 Å². The minimum Gasteiger partial charge on any atom is -0.384 e. The molecule has 0 aliphatic rings. The monoisotopic (exact) mass is 238 g/mol. The number of pyridine rings is 1. The third-order valence-corrected chi connectivity index (χ3v) is 3.13. The van der Waals surface area contributed by atoms with Gasteiger partial charge in [-0.3, -0.25) is 0 Å². The normalized spacial score (nSPS) is 10.9. The van der Waals surface area contributed by atoms with E-state index in [0.717, 1.165) is 16.6 Å². The second kappa shape index (κ2) is 3.77. The SMILES string of the molecule is Cn1ccc2cccc(-c3ccc(N)nc3N)c21. The van der Waals surface area contributed by atoms with Gasteiger partial charge in [0, 0.05) is 29.8 Å². The average molecular weight is 238 g/mol. The maximum absolute atomic E-state index is 5.96. The number of anilines is 2. The van der Waals surface area contributed by atoms with Crippen LogP contribution in [0.3, 0.4) is 0 Å². The van der Waals surface area contributed by atoms with Gasteiger partial charge in [0.05, 0.1) is 5.52 Å². The molecule has 0 fully saturated rings. The summed E-state index contributed by atoms with van der Waals surface area (Å²) >= 11 is 0. The maximum atomic E-state index is 5.96. The number of rotatable bonds is 1. The molecular formula is C14H14N4. The van der Waals surface area contributed by atoms with E-state index in [-0.39, 0.29) is 0 Å². The third-order valence-electron chi connectivity index (χ3n) is 3.13. The Labute approximate surface area is 105 Å². The summed E-state index contributed by atoms with van der Waals surface area (Å²) < 4.78 is 2.08. The molecule has 4 N–H and O–H groups in total. The number of hydrogen-bond acceptors (Lipinski definition) is 3. The Hall–Kier alpha value is -2.49. The summed E-state index contributed by atoms with van der Waals surface area (Å²) in [5.41, 5.74) is 14.7. The predicted octanol–water partition coefficient (Wildman–Crippen LogP) is 2.40. The number of hydrogen-bond donors (Lipinski definition) is 2. The van der Waals surface area contributed by atoms with E-state index in [4.69, 9.17) is 11.5 Å². The lowest BCUT2D eigenvalue weighted by molar-refractivity contribution is 0.970. The van der Waals surface area contributed by atoms with Crippen molar-refractivity contribution >= 4 is 22.5 Å². The van der Waals surface area contributed by atoms with E-state index in [9.17, 15) is 0 Å². The van der Waals surface area contributed by atoms with E-state index >= 15 is 0 Å². The molecule has 18 heavy (non-hydrogen) atoms. The lowest BCUT2D eigenvalue weighted by Gasteiger charge is -2.09. The second-order valence-electron chi connectivity index (χ2n) is 4.34. The molecule has 3 rings (SSSR count). The molecule has 0 saturated heterocycles. The quantitative estimate of drug-likeness (QED) is 0.684. The Morgan fingerprint density at radius 2 is 1.83 bits per heavy atom. The van der Waals surface area contributed by atoms with Crippen LogP contribution in [0.2, 0.25) is 0 Å². The minimum absolute atomic E-state index is 0.440. The molecule has 2 heterocycles. The van der Waals surface area contributed by atoms with Crippen LogP contribution in [0.15, 0.2) is 42.6 Å². The van der Waals surface area contributed by atoms with Crippen LogP contribution in [-0.4, -0.2) is 9.55 Å². The molecule has 1 aromatic carbocycles. The summed E-state index contributed by atoms with van der Waals surface area (Å²) in [6, 6.07) is 11.9. The van der Waals surface area contributed by atoms with Gasteiger partial charge in [-0.1, -0.05) is 18.2 Å². The minimum atomic E-state index is 0.440. The van der Waals surface area contributed by atoms with Gasteiger partial charge in [0.2, 0.25) is 0 Å². The molecule has 3 aromatic rings. The van der Waals surface area contributed by atoms with Gasteiger partial charge in [0.25, 0.3) is 0 Å². The van der Waals surface area contributed by atoms with Gasteiger partial charge in [-0.05, 0) is 18.2 Å². The van der Waals surface area contributed by atoms with Crippen molar-refractivity contribution in [3.8, 4) is 11.1 Å². The molecule has 2 aromatic heterocycles. The van der Waals surface area contributed by atoms with Crippen LogP contribution >= 0.6 is 0 Å². The molecule has 0 saturated carbocycles. The summed E-state index contributed by atoms with van der Waals surface area (Å²) in [4.78, 5) is 4.12. The van der Waals surface area contributed by atoms with E-state index in [0.29, 0.717) is 11.6 Å². The number of nitrogens with zero attached hydrogens (tertiary/aromatic N) is 2. The summed E-state index contributed by atoms with van der Waals surface area (Å²) in [7, 11) is 2.02. The highest BCUT2D eigenvalue weighted by Gasteiger charge is 2.10. The van der Waals surface area contributed by atoms with Crippen LogP contribution in [0.25, 0.3) is 22.0 Å². The molecular weight excluding hydrogens is 224 g/mol. The van der Waals surface area contributed by atoms with Gasteiger partial charge in [0.1, 0.15) is 11.6 Å². The zero-order chi connectivity index (χ0) is 12.7. The fraction of sp³-hybridized carbons (Fsp3) is 0.0714. The van der Waals surface area contributed by atoms with Crippen molar-refractivity contribution in [1.82, 2.24) is 9.55 Å². The molecule has 0 bridgehead atoms. The molecule has 0 aliphatic heterocycles. The van der Waals surface area contributed by atoms with Gasteiger partial charge in [-0.15, -0.1) is 0 Å². The first-order valence-electron chi connectivity index (χ1n) is 5.73. The number of nitrogen functional groups attached to an aromatic ring is 2. The highest BCUT2D eigenvalue weighted by atomic mass is 14.9. The molecule has 0 radical (unpaired) electrons. The Bertz CT molecular complexity index is 728. The molecule has 4 heteroatoms. The van der Waals surface area contributed by atoms with Crippen molar-refractivity contribution in [2.24, 2.45) is 7.05 Å². The number of para-hydroxylation sites is 1. The van der Waals surface area contributed by atoms with E-state index < -0.39 is 0 Å². The Kier molecular flexibility index (Phi) is 2.23. The molecule has 4 nitrogen and oxygen atoms in total. The maximum Gasteiger partial charge on any atom is 0.133 e. The van der Waals surface area contributed by atoms with Crippen molar-refractivity contribution < 1.29 is 0 Å². The number of aryl methyl sites for hydroxylation is 1. The van der Waals surface area contributed by atoms with Crippen LogP contribution in [-0.2, 0) is 7.05 Å². The summed E-state index contributed by atoms with van der Waals surface area (Å²) in [6.07, 6.45) is 2.04. The first-order valence-corrected chi connectivity index (χ1v) is 5.73. The highest BCUT2D eigenvalue weighted by Crippen LogP contribution is 2.32. The highest BCUT2D eigenvalue weighted by molar-refractivity contribution is 5.97.